The number of fused-ring (bicyclic) bond motifs is 2. The number of nitrogens with one attached hydrogen (secondary N) is 1. The minimum Gasteiger partial charge on any atom is -0.452 e. The van der Waals surface area contributed by atoms with E-state index in [-0.39, 0.29) is 6.61 Å². The van der Waals surface area contributed by atoms with Crippen LogP contribution in [0.25, 0.3) is 22.2 Å². The molecule has 35 heavy (non-hydrogen) atoms. The third-order valence-electron chi connectivity index (χ3n) is 6.60. The molecule has 4 aromatic rings. The molecule has 0 fully saturated rings. The highest BCUT2D eigenvalue weighted by Crippen LogP contribution is 2.32. The number of rotatable bonds is 5. The predicted molar refractivity (Wildman–Crippen MR) is 139 cm³/mol. The van der Waals surface area contributed by atoms with Crippen molar-refractivity contribution in [2.24, 2.45) is 5.92 Å². The van der Waals surface area contributed by atoms with Gasteiger partial charge in [-0.2, -0.15) is 0 Å². The number of ether oxygens (including phenoxy) is 1. The van der Waals surface area contributed by atoms with E-state index >= 15 is 0 Å². The van der Waals surface area contributed by atoms with Gasteiger partial charge in [-0.25, -0.2) is 9.78 Å². The largest absolute Gasteiger partial charge is 0.452 e. The Labute approximate surface area is 208 Å². The molecule has 0 unspecified atom stereocenters. The Morgan fingerprint density at radius 2 is 1.94 bits per heavy atom. The highest BCUT2D eigenvalue weighted by atomic mass is 32.1. The van der Waals surface area contributed by atoms with Crippen molar-refractivity contribution in [2.45, 2.75) is 40.0 Å². The normalized spacial score (nSPS) is 15.0. The van der Waals surface area contributed by atoms with E-state index in [1.165, 1.54) is 22.5 Å². The van der Waals surface area contributed by atoms with Crippen LogP contribution in [0.15, 0.2) is 47.8 Å². The second kappa shape index (κ2) is 9.58. The second-order valence-corrected chi connectivity index (χ2v) is 10.1. The van der Waals surface area contributed by atoms with Gasteiger partial charge in [-0.15, -0.1) is 11.3 Å². The maximum absolute atomic E-state index is 13.2. The molecule has 178 valence electrons. The number of esters is 1. The number of thiazole rings is 1. The fraction of sp³-hybridized carbons (Fsp3) is 0.286. The monoisotopic (exact) mass is 485 g/mol. The molecule has 1 aliphatic carbocycles. The zero-order valence-corrected chi connectivity index (χ0v) is 20.9. The van der Waals surface area contributed by atoms with E-state index in [0.29, 0.717) is 16.6 Å². The Kier molecular flexibility index (Phi) is 6.34. The number of aromatic nitrogens is 2. The highest BCUT2D eigenvalue weighted by molar-refractivity contribution is 7.14. The summed E-state index contributed by atoms with van der Waals surface area (Å²) in [5.74, 6) is -0.435. The standard InChI is InChI=1S/C28H27N3O3S/c1-16-8-11-23-21(12-16)26(20-6-4-5-7-22(20)29-23)27(33)34-14-25(32)31-28-30-24(15-35-28)19-10-9-17(2)18(3)13-19/h4-7,9-10,13,15-16H,8,11-12,14H2,1-3H3,(H,30,31,32)/t16-/m0/s1. The Morgan fingerprint density at radius 1 is 1.11 bits per heavy atom. The molecular weight excluding hydrogens is 458 g/mol. The number of carbonyl (C=O) groups excluding carboxylic acids is 2. The van der Waals surface area contributed by atoms with Gasteiger partial charge in [0.05, 0.1) is 16.8 Å². The Morgan fingerprint density at radius 3 is 2.77 bits per heavy atom. The average Bonchev–Trinajstić information content (AvgIpc) is 3.31. The van der Waals surface area contributed by atoms with Gasteiger partial charge < -0.3 is 4.74 Å². The van der Waals surface area contributed by atoms with E-state index in [1.54, 1.807) is 0 Å². The first-order valence-electron chi connectivity index (χ1n) is 11.8. The molecular formula is C28H27N3O3S. The molecule has 1 N–H and O–H groups in total. The van der Waals surface area contributed by atoms with Gasteiger partial charge in [0, 0.05) is 22.0 Å². The molecule has 1 atom stereocenters. The molecule has 0 spiro atoms. The molecule has 0 saturated carbocycles. The van der Waals surface area contributed by atoms with Crippen molar-refractivity contribution in [1.82, 2.24) is 9.97 Å². The molecule has 2 heterocycles. The summed E-state index contributed by atoms with van der Waals surface area (Å²) < 4.78 is 5.49. The summed E-state index contributed by atoms with van der Waals surface area (Å²) in [6.45, 7) is 5.93. The number of anilines is 1. The summed E-state index contributed by atoms with van der Waals surface area (Å²) in [7, 11) is 0. The van der Waals surface area contributed by atoms with Gasteiger partial charge in [0.2, 0.25) is 0 Å². The van der Waals surface area contributed by atoms with Gasteiger partial charge in [-0.3, -0.25) is 15.1 Å². The first kappa shape index (κ1) is 23.2. The lowest BCUT2D eigenvalue weighted by atomic mass is 9.84. The third kappa shape index (κ3) is 4.82. The molecule has 0 aliphatic heterocycles. The maximum atomic E-state index is 13.2. The molecule has 1 amide bonds. The van der Waals surface area contributed by atoms with Crippen LogP contribution in [0, 0.1) is 19.8 Å². The van der Waals surface area contributed by atoms with E-state index in [9.17, 15) is 9.59 Å². The molecule has 1 aliphatic rings. The number of para-hydroxylation sites is 1. The molecule has 0 saturated heterocycles. The van der Waals surface area contributed by atoms with Crippen molar-refractivity contribution in [3.05, 3.63) is 75.8 Å². The Hall–Kier alpha value is -3.58. The van der Waals surface area contributed by atoms with Crippen molar-refractivity contribution >= 4 is 39.2 Å². The van der Waals surface area contributed by atoms with Crippen molar-refractivity contribution in [2.75, 3.05) is 11.9 Å². The van der Waals surface area contributed by atoms with E-state index < -0.39 is 11.9 Å². The van der Waals surface area contributed by atoms with Gasteiger partial charge in [0.25, 0.3) is 5.91 Å². The molecule has 6 nitrogen and oxygen atoms in total. The lowest BCUT2D eigenvalue weighted by molar-refractivity contribution is -0.119. The molecule has 7 heteroatoms. The van der Waals surface area contributed by atoms with Crippen LogP contribution < -0.4 is 5.32 Å². The number of hydrogen-bond acceptors (Lipinski definition) is 6. The Bertz CT molecular complexity index is 1440. The van der Waals surface area contributed by atoms with Crippen molar-refractivity contribution in [1.29, 1.82) is 0 Å². The summed E-state index contributed by atoms with van der Waals surface area (Å²) in [4.78, 5) is 35.1. The molecule has 5 rings (SSSR count). The van der Waals surface area contributed by atoms with Crippen LogP contribution in [0.2, 0.25) is 0 Å². The van der Waals surface area contributed by atoms with Crippen LogP contribution in [0.5, 0.6) is 0 Å². The number of benzene rings is 2. The Balaban J connectivity index is 1.30. The average molecular weight is 486 g/mol. The van der Waals surface area contributed by atoms with Crippen LogP contribution in [-0.2, 0) is 22.4 Å². The van der Waals surface area contributed by atoms with Crippen LogP contribution in [-0.4, -0.2) is 28.5 Å². The van der Waals surface area contributed by atoms with E-state index in [2.05, 4.69) is 43.2 Å². The summed E-state index contributed by atoms with van der Waals surface area (Å²) in [6, 6.07) is 13.8. The predicted octanol–water partition coefficient (Wildman–Crippen LogP) is 5.90. The van der Waals surface area contributed by atoms with Crippen LogP contribution in [0.1, 0.15) is 46.1 Å². The van der Waals surface area contributed by atoms with Gasteiger partial charge in [0.15, 0.2) is 11.7 Å². The van der Waals surface area contributed by atoms with Crippen molar-refractivity contribution in [3.8, 4) is 11.3 Å². The summed E-state index contributed by atoms with van der Waals surface area (Å²) in [5.41, 5.74) is 7.43. The minimum absolute atomic E-state index is 0.377. The first-order chi connectivity index (χ1) is 16.9. The number of nitrogens with zero attached hydrogens (tertiary/aromatic N) is 2. The van der Waals surface area contributed by atoms with Gasteiger partial charge in [-0.05, 0) is 67.9 Å². The number of aryl methyl sites for hydroxylation is 3. The summed E-state index contributed by atoms with van der Waals surface area (Å²) in [6.07, 6.45) is 2.67. The fourth-order valence-corrected chi connectivity index (χ4v) is 5.25. The minimum atomic E-state index is -0.487. The van der Waals surface area contributed by atoms with Gasteiger partial charge in [0.1, 0.15) is 0 Å². The van der Waals surface area contributed by atoms with Gasteiger partial charge in [-0.1, -0.05) is 37.3 Å². The molecule has 0 radical (unpaired) electrons. The summed E-state index contributed by atoms with van der Waals surface area (Å²) in [5, 5.41) is 5.89. The van der Waals surface area contributed by atoms with Crippen LogP contribution in [0.3, 0.4) is 0 Å². The van der Waals surface area contributed by atoms with Crippen LogP contribution >= 0.6 is 11.3 Å². The van der Waals surface area contributed by atoms with E-state index in [1.807, 2.05) is 35.7 Å². The van der Waals surface area contributed by atoms with Crippen LogP contribution in [0.4, 0.5) is 5.13 Å². The smallest absolute Gasteiger partial charge is 0.339 e. The second-order valence-electron chi connectivity index (χ2n) is 9.24. The number of amides is 1. The molecule has 0 bridgehead atoms. The number of pyridine rings is 1. The van der Waals surface area contributed by atoms with Gasteiger partial charge >= 0.3 is 5.97 Å². The first-order valence-corrected chi connectivity index (χ1v) is 12.7. The molecule has 2 aromatic carbocycles. The highest BCUT2D eigenvalue weighted by Gasteiger charge is 2.26. The molecule has 2 aromatic heterocycles. The van der Waals surface area contributed by atoms with E-state index in [4.69, 9.17) is 9.72 Å². The zero-order valence-electron chi connectivity index (χ0n) is 20.1. The van der Waals surface area contributed by atoms with E-state index in [0.717, 1.165) is 52.7 Å². The van der Waals surface area contributed by atoms with Crippen molar-refractivity contribution in [3.63, 3.8) is 0 Å². The quantitative estimate of drug-likeness (QED) is 0.356. The fourth-order valence-electron chi connectivity index (χ4n) is 4.52. The number of carbonyl (C=O) groups is 2. The lowest BCUT2D eigenvalue weighted by Gasteiger charge is -2.24. The number of hydrogen-bond donors (Lipinski definition) is 1. The van der Waals surface area contributed by atoms with Crippen molar-refractivity contribution < 1.29 is 14.3 Å². The summed E-state index contributed by atoms with van der Waals surface area (Å²) >= 11 is 1.34. The maximum Gasteiger partial charge on any atom is 0.339 e. The lowest BCUT2D eigenvalue weighted by Crippen LogP contribution is -2.23. The third-order valence-corrected chi connectivity index (χ3v) is 7.35. The zero-order chi connectivity index (χ0) is 24.5. The SMILES string of the molecule is Cc1ccc(-c2csc(NC(=O)COC(=O)c3c4c(nc5ccccc35)CC[C@H](C)C4)n2)cc1C. The topological polar surface area (TPSA) is 81.2 Å².